The third-order valence-electron chi connectivity index (χ3n) is 2.93. The van der Waals surface area contributed by atoms with Crippen LogP contribution < -0.4 is 5.32 Å². The first-order chi connectivity index (χ1) is 10.7. The Bertz CT molecular complexity index is 570. The lowest BCUT2D eigenvalue weighted by Crippen LogP contribution is -2.27. The zero-order chi connectivity index (χ0) is 15.8. The summed E-state index contributed by atoms with van der Waals surface area (Å²) in [6.07, 6.45) is 2.27. The number of carbonyl (C=O) groups is 1. The van der Waals surface area contributed by atoms with Crippen LogP contribution in [0.25, 0.3) is 0 Å². The zero-order valence-corrected chi connectivity index (χ0v) is 15.2. The molecule has 8 heteroatoms. The molecule has 2 aromatic heterocycles. The number of anilines is 1. The Hall–Kier alpha value is -1.12. The van der Waals surface area contributed by atoms with Crippen molar-refractivity contribution in [1.29, 1.82) is 0 Å². The minimum Gasteiger partial charge on any atom is -0.360 e. The van der Waals surface area contributed by atoms with Gasteiger partial charge in [0.25, 0.3) is 0 Å². The molecule has 120 valence electrons. The summed E-state index contributed by atoms with van der Waals surface area (Å²) < 4.78 is 0.830. The van der Waals surface area contributed by atoms with E-state index >= 15 is 0 Å². The number of hydrogen-bond acceptors (Lipinski definition) is 7. The van der Waals surface area contributed by atoms with Crippen molar-refractivity contribution in [3.05, 3.63) is 22.4 Å². The van der Waals surface area contributed by atoms with E-state index < -0.39 is 0 Å². The fourth-order valence-corrected chi connectivity index (χ4v) is 4.15. The Labute approximate surface area is 143 Å². The topological polar surface area (TPSA) is 58.1 Å². The van der Waals surface area contributed by atoms with Gasteiger partial charge in [-0.25, -0.2) is 0 Å². The summed E-state index contributed by atoms with van der Waals surface area (Å²) in [5.74, 6) is 0.500. The van der Waals surface area contributed by atoms with Crippen LogP contribution in [0.3, 0.4) is 0 Å². The van der Waals surface area contributed by atoms with Crippen molar-refractivity contribution in [3.8, 4) is 0 Å². The molecule has 0 spiro atoms. The van der Waals surface area contributed by atoms with Crippen LogP contribution in [0.2, 0.25) is 0 Å². The van der Waals surface area contributed by atoms with Crippen molar-refractivity contribution in [2.75, 3.05) is 24.7 Å². The first-order valence-corrected chi connectivity index (χ1v) is 9.83. The van der Waals surface area contributed by atoms with Gasteiger partial charge in [-0.15, -0.1) is 21.5 Å². The highest BCUT2D eigenvalue weighted by Crippen LogP contribution is 2.25. The average molecular weight is 357 g/mol. The molecule has 2 heterocycles. The molecule has 0 fully saturated rings. The smallest absolute Gasteiger partial charge is 0.233 e. The van der Waals surface area contributed by atoms with E-state index in [4.69, 9.17) is 0 Å². The lowest BCUT2D eigenvalue weighted by atomic mass is 10.3. The molecule has 22 heavy (non-hydrogen) atoms. The van der Waals surface area contributed by atoms with Gasteiger partial charge in [0.15, 0.2) is 4.34 Å². The maximum Gasteiger partial charge on any atom is 0.233 e. The summed E-state index contributed by atoms with van der Waals surface area (Å²) in [4.78, 5) is 15.1. The van der Waals surface area contributed by atoms with E-state index in [0.29, 0.717) is 12.3 Å². The third kappa shape index (κ3) is 5.58. The number of rotatable bonds is 9. The summed E-state index contributed by atoms with van der Waals surface area (Å²) in [7, 11) is 1.83. The molecule has 0 aliphatic carbocycles. The van der Waals surface area contributed by atoms with Crippen molar-refractivity contribution in [2.24, 2.45) is 0 Å². The van der Waals surface area contributed by atoms with E-state index in [2.05, 4.69) is 22.4 Å². The van der Waals surface area contributed by atoms with Gasteiger partial charge in [0.1, 0.15) is 0 Å². The number of nitrogens with zero attached hydrogens (tertiary/aromatic N) is 3. The van der Waals surface area contributed by atoms with E-state index in [1.807, 2.05) is 24.6 Å². The summed E-state index contributed by atoms with van der Waals surface area (Å²) in [6, 6.07) is 4.04. The largest absolute Gasteiger partial charge is 0.360 e. The average Bonchev–Trinajstić information content (AvgIpc) is 3.17. The molecule has 2 rings (SSSR count). The maximum absolute atomic E-state index is 12.1. The fourth-order valence-electron chi connectivity index (χ4n) is 1.67. The number of carbonyl (C=O) groups excluding carboxylic acids is 1. The lowest BCUT2D eigenvalue weighted by molar-refractivity contribution is -0.127. The number of thioether (sulfide) groups is 1. The van der Waals surface area contributed by atoms with E-state index in [1.54, 1.807) is 16.2 Å². The molecule has 0 radical (unpaired) electrons. The summed E-state index contributed by atoms with van der Waals surface area (Å²) in [5, 5.41) is 14.3. The van der Waals surface area contributed by atoms with Gasteiger partial charge in [-0.1, -0.05) is 42.5 Å². The number of unbranched alkanes of at least 4 members (excludes halogenated alkanes) is 1. The van der Waals surface area contributed by atoms with Crippen LogP contribution in [0.5, 0.6) is 0 Å². The van der Waals surface area contributed by atoms with E-state index in [-0.39, 0.29) is 5.91 Å². The second kappa shape index (κ2) is 9.12. The molecule has 1 N–H and O–H groups in total. The van der Waals surface area contributed by atoms with Gasteiger partial charge in [-0.3, -0.25) is 4.79 Å². The van der Waals surface area contributed by atoms with Gasteiger partial charge < -0.3 is 10.2 Å². The first kappa shape index (κ1) is 17.2. The number of amides is 1. The normalized spacial score (nSPS) is 10.6. The Kier molecular flexibility index (Phi) is 7.14. The van der Waals surface area contributed by atoms with Crippen LogP contribution in [0.1, 0.15) is 24.6 Å². The Balaban J connectivity index is 1.73. The van der Waals surface area contributed by atoms with Crippen molar-refractivity contribution in [2.45, 2.75) is 30.6 Å². The standard InChI is InChI=1S/C14H20N4OS3/c1-3-4-7-15-13-16-17-14(22-13)21-10-12(19)18(2)9-11-6-5-8-20-11/h5-6,8H,3-4,7,9-10H2,1-2H3,(H,15,16). The second-order valence-electron chi connectivity index (χ2n) is 4.77. The molecule has 0 aliphatic heterocycles. The molecular weight excluding hydrogens is 336 g/mol. The van der Waals surface area contributed by atoms with Gasteiger partial charge >= 0.3 is 0 Å². The van der Waals surface area contributed by atoms with Crippen molar-refractivity contribution < 1.29 is 4.79 Å². The van der Waals surface area contributed by atoms with Crippen LogP contribution in [0, 0.1) is 0 Å². The number of aromatic nitrogens is 2. The maximum atomic E-state index is 12.1. The number of nitrogens with one attached hydrogen (secondary N) is 1. The molecule has 0 saturated carbocycles. The highest BCUT2D eigenvalue weighted by atomic mass is 32.2. The van der Waals surface area contributed by atoms with Crippen molar-refractivity contribution >= 4 is 45.5 Å². The molecular formula is C14H20N4OS3. The minimum atomic E-state index is 0.106. The Morgan fingerprint density at radius 3 is 3.05 bits per heavy atom. The predicted molar refractivity (Wildman–Crippen MR) is 94.8 cm³/mol. The third-order valence-corrected chi connectivity index (χ3v) is 5.79. The minimum absolute atomic E-state index is 0.106. The van der Waals surface area contributed by atoms with Crippen LogP contribution >= 0.6 is 34.4 Å². The van der Waals surface area contributed by atoms with Gasteiger partial charge in [0.05, 0.1) is 12.3 Å². The highest BCUT2D eigenvalue weighted by molar-refractivity contribution is 8.01. The second-order valence-corrected chi connectivity index (χ2v) is 8.00. The molecule has 0 atom stereocenters. The zero-order valence-electron chi connectivity index (χ0n) is 12.7. The van der Waals surface area contributed by atoms with Crippen LogP contribution in [-0.2, 0) is 11.3 Å². The Morgan fingerprint density at radius 1 is 1.45 bits per heavy atom. The van der Waals surface area contributed by atoms with E-state index in [0.717, 1.165) is 28.9 Å². The number of hydrogen-bond donors (Lipinski definition) is 1. The highest BCUT2D eigenvalue weighted by Gasteiger charge is 2.12. The molecule has 0 bridgehead atoms. The Morgan fingerprint density at radius 2 is 2.32 bits per heavy atom. The quantitative estimate of drug-likeness (QED) is 0.550. The van der Waals surface area contributed by atoms with E-state index in [9.17, 15) is 4.79 Å². The lowest BCUT2D eigenvalue weighted by Gasteiger charge is -2.15. The van der Waals surface area contributed by atoms with Crippen LogP contribution in [-0.4, -0.2) is 40.3 Å². The summed E-state index contributed by atoms with van der Waals surface area (Å²) in [6.45, 7) is 3.73. The van der Waals surface area contributed by atoms with Gasteiger partial charge in [0.2, 0.25) is 11.0 Å². The van der Waals surface area contributed by atoms with Crippen LogP contribution in [0.4, 0.5) is 5.13 Å². The van der Waals surface area contributed by atoms with E-state index in [1.165, 1.54) is 28.0 Å². The molecule has 0 aliphatic rings. The number of thiophene rings is 1. The van der Waals surface area contributed by atoms with Gasteiger partial charge in [0, 0.05) is 18.5 Å². The molecule has 5 nitrogen and oxygen atoms in total. The molecule has 1 amide bonds. The predicted octanol–water partition coefficient (Wildman–Crippen LogP) is 3.56. The first-order valence-electron chi connectivity index (χ1n) is 7.15. The molecule has 0 unspecified atom stereocenters. The van der Waals surface area contributed by atoms with Crippen molar-refractivity contribution in [1.82, 2.24) is 15.1 Å². The fraction of sp³-hybridized carbons (Fsp3) is 0.500. The monoisotopic (exact) mass is 356 g/mol. The summed E-state index contributed by atoms with van der Waals surface area (Å²) in [5.41, 5.74) is 0. The SMILES string of the molecule is CCCCNc1nnc(SCC(=O)N(C)Cc2cccs2)s1. The summed E-state index contributed by atoms with van der Waals surface area (Å²) >= 11 is 4.62. The van der Waals surface area contributed by atoms with Gasteiger partial charge in [-0.2, -0.15) is 0 Å². The molecule has 0 saturated heterocycles. The van der Waals surface area contributed by atoms with Crippen LogP contribution in [0.15, 0.2) is 21.9 Å². The molecule has 2 aromatic rings. The van der Waals surface area contributed by atoms with Crippen molar-refractivity contribution in [3.63, 3.8) is 0 Å². The van der Waals surface area contributed by atoms with Gasteiger partial charge in [-0.05, 0) is 17.9 Å². The molecule has 0 aromatic carbocycles.